The molecule has 0 unspecified atom stereocenters. The summed E-state index contributed by atoms with van der Waals surface area (Å²) >= 11 is 0. The van der Waals surface area contributed by atoms with Gasteiger partial charge in [-0.15, -0.1) is 0 Å². The van der Waals surface area contributed by atoms with Crippen LogP contribution in [0.4, 0.5) is 0 Å². The van der Waals surface area contributed by atoms with E-state index in [4.69, 9.17) is 5.11 Å². The number of carbonyl (C=O) groups is 1. The van der Waals surface area contributed by atoms with Crippen molar-refractivity contribution >= 4 is 5.78 Å². The highest BCUT2D eigenvalue weighted by atomic mass is 16.3. The van der Waals surface area contributed by atoms with Crippen LogP contribution < -0.4 is 0 Å². The zero-order chi connectivity index (χ0) is 13.7. The zero-order valence-corrected chi connectivity index (χ0v) is 11.8. The van der Waals surface area contributed by atoms with E-state index in [1.165, 1.54) is 0 Å². The first-order valence-electron chi connectivity index (χ1n) is 6.78. The monoisotopic (exact) mass is 252 g/mol. The number of carbonyl (C=O) groups excluding carboxylic acids is 1. The second kappa shape index (κ2) is 4.17. The van der Waals surface area contributed by atoms with E-state index in [1.807, 2.05) is 6.92 Å². The molecule has 2 N–H and O–H groups in total. The van der Waals surface area contributed by atoms with Crippen LogP contribution in [0.1, 0.15) is 47.0 Å². The van der Waals surface area contributed by atoms with Crippen molar-refractivity contribution < 1.29 is 15.0 Å². The summed E-state index contributed by atoms with van der Waals surface area (Å²) in [6, 6.07) is 0. The molecule has 3 heteroatoms. The van der Waals surface area contributed by atoms with Crippen molar-refractivity contribution in [1.82, 2.24) is 0 Å². The Morgan fingerprint density at radius 2 is 1.89 bits per heavy atom. The number of aliphatic hydroxyl groups excluding tert-OH is 1. The third kappa shape index (κ3) is 1.94. The molecule has 0 spiro atoms. The Bertz CT molecular complexity index is 404. The first-order valence-corrected chi connectivity index (χ1v) is 6.78. The number of aliphatic hydroxyl groups is 2. The Balaban J connectivity index is 2.45. The van der Waals surface area contributed by atoms with Crippen molar-refractivity contribution in [1.29, 1.82) is 0 Å². The van der Waals surface area contributed by atoms with Crippen molar-refractivity contribution in [2.45, 2.75) is 52.6 Å². The lowest BCUT2D eigenvalue weighted by Gasteiger charge is -2.41. The molecule has 0 heterocycles. The first-order chi connectivity index (χ1) is 8.20. The predicted molar refractivity (Wildman–Crippen MR) is 70.0 cm³/mol. The lowest BCUT2D eigenvalue weighted by Crippen LogP contribution is -2.46. The molecule has 0 bridgehead atoms. The number of Topliss-reactive ketones (excluding diaryl/α,β-unsaturated/α-hetero) is 1. The smallest absolute Gasteiger partial charge is 0.162 e. The molecule has 0 saturated heterocycles. The molecule has 0 aromatic rings. The normalized spacial score (nSPS) is 39.1. The predicted octanol–water partition coefficient (Wildman–Crippen LogP) is 2.07. The van der Waals surface area contributed by atoms with E-state index < -0.39 is 5.60 Å². The molecule has 0 aromatic heterocycles. The Labute approximate surface area is 109 Å². The Morgan fingerprint density at radius 3 is 2.44 bits per heavy atom. The van der Waals surface area contributed by atoms with E-state index in [1.54, 1.807) is 6.92 Å². The Hall–Kier alpha value is -0.670. The van der Waals surface area contributed by atoms with E-state index in [2.05, 4.69) is 13.8 Å². The molecule has 2 rings (SSSR count). The minimum Gasteiger partial charge on any atom is -0.396 e. The van der Waals surface area contributed by atoms with E-state index in [0.717, 1.165) is 18.4 Å². The van der Waals surface area contributed by atoms with Gasteiger partial charge in [0.2, 0.25) is 0 Å². The number of ketones is 1. The molecule has 18 heavy (non-hydrogen) atoms. The first kappa shape index (κ1) is 13.8. The third-order valence-electron chi connectivity index (χ3n) is 4.88. The van der Waals surface area contributed by atoms with Gasteiger partial charge >= 0.3 is 0 Å². The van der Waals surface area contributed by atoms with Crippen LogP contribution in [0.2, 0.25) is 0 Å². The lowest BCUT2D eigenvalue weighted by molar-refractivity contribution is -0.125. The molecule has 0 radical (unpaired) electrons. The van der Waals surface area contributed by atoms with Crippen LogP contribution in [-0.4, -0.2) is 28.2 Å². The lowest BCUT2D eigenvalue weighted by atomic mass is 9.67. The number of allylic oxidation sites excluding steroid dienone is 1. The summed E-state index contributed by atoms with van der Waals surface area (Å²) in [6.07, 6.45) is 2.13. The molecule has 0 amide bonds. The largest absolute Gasteiger partial charge is 0.396 e. The fourth-order valence-electron chi connectivity index (χ4n) is 4.01. The topological polar surface area (TPSA) is 57.5 Å². The second-order valence-electron chi connectivity index (χ2n) is 6.87. The van der Waals surface area contributed by atoms with Gasteiger partial charge in [-0.25, -0.2) is 0 Å². The van der Waals surface area contributed by atoms with Gasteiger partial charge in [-0.3, -0.25) is 4.79 Å². The minimum atomic E-state index is -0.945. The van der Waals surface area contributed by atoms with Gasteiger partial charge in [0.1, 0.15) is 0 Å². The van der Waals surface area contributed by atoms with Gasteiger partial charge in [-0.05, 0) is 49.7 Å². The second-order valence-corrected chi connectivity index (χ2v) is 6.87. The summed E-state index contributed by atoms with van der Waals surface area (Å²) < 4.78 is 0. The van der Waals surface area contributed by atoms with Crippen molar-refractivity contribution in [3.05, 3.63) is 11.1 Å². The molecular weight excluding hydrogens is 228 g/mol. The number of fused-ring (bicyclic) bond motifs is 1. The van der Waals surface area contributed by atoms with Gasteiger partial charge in [0, 0.05) is 18.4 Å². The van der Waals surface area contributed by atoms with Crippen LogP contribution in [-0.2, 0) is 4.79 Å². The van der Waals surface area contributed by atoms with Crippen LogP contribution in [0.15, 0.2) is 11.1 Å². The van der Waals surface area contributed by atoms with Crippen LogP contribution in [0, 0.1) is 17.3 Å². The highest BCUT2D eigenvalue weighted by molar-refractivity contribution is 5.99. The zero-order valence-electron chi connectivity index (χ0n) is 11.8. The van der Waals surface area contributed by atoms with E-state index in [0.29, 0.717) is 12.0 Å². The van der Waals surface area contributed by atoms with Gasteiger partial charge in [0.05, 0.1) is 5.60 Å². The van der Waals surface area contributed by atoms with Gasteiger partial charge in [0.15, 0.2) is 5.78 Å². The third-order valence-corrected chi connectivity index (χ3v) is 4.88. The van der Waals surface area contributed by atoms with E-state index >= 15 is 0 Å². The van der Waals surface area contributed by atoms with Gasteiger partial charge < -0.3 is 10.2 Å². The maximum absolute atomic E-state index is 12.4. The summed E-state index contributed by atoms with van der Waals surface area (Å²) in [6.45, 7) is 7.92. The maximum atomic E-state index is 12.4. The van der Waals surface area contributed by atoms with E-state index in [-0.39, 0.29) is 29.6 Å². The molecule has 3 nitrogen and oxygen atoms in total. The summed E-state index contributed by atoms with van der Waals surface area (Å²) in [5.74, 6) is 0.142. The van der Waals surface area contributed by atoms with Gasteiger partial charge in [-0.2, -0.15) is 0 Å². The minimum absolute atomic E-state index is 0.00486. The molecule has 0 aliphatic heterocycles. The number of rotatable bonds is 2. The molecular formula is C15H24O3. The van der Waals surface area contributed by atoms with Crippen molar-refractivity contribution in [3.8, 4) is 0 Å². The fourth-order valence-corrected chi connectivity index (χ4v) is 4.01. The standard InChI is InChI=1S/C15H24O3/c1-9-11(5-6-16)15(4,18)12-8-14(2,3)7-10(12)13(9)17/h10,12,16,18H,5-8H2,1-4H3/t10-,12+,15+/m0/s1. The SMILES string of the molecule is CC1=C(CCO)[C@@](C)(O)[C@@H]2CC(C)(C)C[C@@H]2C1=O. The summed E-state index contributed by atoms with van der Waals surface area (Å²) in [7, 11) is 0. The highest BCUT2D eigenvalue weighted by Crippen LogP contribution is 2.55. The van der Waals surface area contributed by atoms with Gasteiger partial charge in [0.25, 0.3) is 0 Å². The Morgan fingerprint density at radius 1 is 1.28 bits per heavy atom. The van der Waals surface area contributed by atoms with Crippen LogP contribution in [0.3, 0.4) is 0 Å². The molecule has 0 aromatic carbocycles. The summed E-state index contributed by atoms with van der Waals surface area (Å²) in [4.78, 5) is 12.4. The van der Waals surface area contributed by atoms with Crippen LogP contribution >= 0.6 is 0 Å². The summed E-state index contributed by atoms with van der Waals surface area (Å²) in [5, 5.41) is 20.0. The van der Waals surface area contributed by atoms with Crippen molar-refractivity contribution in [2.24, 2.45) is 17.3 Å². The van der Waals surface area contributed by atoms with Crippen LogP contribution in [0.25, 0.3) is 0 Å². The highest BCUT2D eigenvalue weighted by Gasteiger charge is 2.54. The quantitative estimate of drug-likeness (QED) is 0.791. The maximum Gasteiger partial charge on any atom is 0.162 e. The molecule has 2 aliphatic rings. The van der Waals surface area contributed by atoms with Crippen molar-refractivity contribution in [2.75, 3.05) is 6.61 Å². The van der Waals surface area contributed by atoms with Crippen LogP contribution in [0.5, 0.6) is 0 Å². The molecule has 2 aliphatic carbocycles. The number of hydrogen-bond acceptors (Lipinski definition) is 3. The number of hydrogen-bond donors (Lipinski definition) is 2. The van der Waals surface area contributed by atoms with Gasteiger partial charge in [-0.1, -0.05) is 13.8 Å². The average Bonchev–Trinajstić information content (AvgIpc) is 2.59. The average molecular weight is 252 g/mol. The fraction of sp³-hybridized carbons (Fsp3) is 0.800. The molecule has 1 saturated carbocycles. The summed E-state index contributed by atoms with van der Waals surface area (Å²) in [5.41, 5.74) is 0.588. The van der Waals surface area contributed by atoms with Crippen molar-refractivity contribution in [3.63, 3.8) is 0 Å². The Kier molecular flexibility index (Phi) is 3.19. The van der Waals surface area contributed by atoms with E-state index in [9.17, 15) is 9.90 Å². The molecule has 102 valence electrons. The molecule has 1 fully saturated rings. The molecule has 3 atom stereocenters.